The molecule has 0 heterocycles. The fourth-order valence-electron chi connectivity index (χ4n) is 4.05. The molecule has 2 N–H and O–H groups in total. The molecule has 0 radical (unpaired) electrons. The second-order valence-corrected chi connectivity index (χ2v) is 9.93. The van der Waals surface area contributed by atoms with Crippen molar-refractivity contribution in [2.24, 2.45) is 0 Å². The van der Waals surface area contributed by atoms with E-state index in [2.05, 4.69) is 17.2 Å². The molecule has 37 heavy (non-hydrogen) atoms. The molecule has 0 bridgehead atoms. The number of alkyl carbamates (subject to hydrolysis) is 1. The van der Waals surface area contributed by atoms with E-state index in [0.717, 1.165) is 21.9 Å². The van der Waals surface area contributed by atoms with Gasteiger partial charge in [0.05, 0.1) is 0 Å². The normalized spacial score (nSPS) is 11.9. The van der Waals surface area contributed by atoms with E-state index in [4.69, 9.17) is 4.74 Å². The number of benzene rings is 3. The number of nitrogens with zero attached hydrogens (tertiary/aromatic N) is 1. The van der Waals surface area contributed by atoms with Crippen molar-refractivity contribution in [3.05, 3.63) is 90.0 Å². The summed E-state index contributed by atoms with van der Waals surface area (Å²) in [6.07, 6.45) is 0.857. The van der Waals surface area contributed by atoms with Gasteiger partial charge in [-0.05, 0) is 74.2 Å². The molecule has 7 heteroatoms. The van der Waals surface area contributed by atoms with Gasteiger partial charge in [-0.2, -0.15) is 0 Å². The SMILES string of the molecule is C=CCN(C(=O)CNC(=O)OC(C)(C)C)C(C(=O)Nc1ccc2ccccc2c1)c1cccc(C)c1C. The number of rotatable bonds is 8. The molecule has 3 rings (SSSR count). The highest BCUT2D eigenvalue weighted by molar-refractivity contribution is 6.00. The van der Waals surface area contributed by atoms with Crippen molar-refractivity contribution in [2.75, 3.05) is 18.4 Å². The zero-order chi connectivity index (χ0) is 27.2. The standard InChI is InChI=1S/C30H35N3O4/c1-7-17-33(26(34)19-31-29(36)37-30(4,5)6)27(25-14-10-11-20(2)21(25)3)28(35)32-24-16-15-22-12-8-9-13-23(22)18-24/h7-16,18,27H,1,17,19H2,2-6H3,(H,31,36)(H,32,35). The maximum Gasteiger partial charge on any atom is 0.408 e. The Kier molecular flexibility index (Phi) is 8.71. The van der Waals surface area contributed by atoms with E-state index in [1.165, 1.54) is 4.90 Å². The van der Waals surface area contributed by atoms with Crippen molar-refractivity contribution >= 4 is 34.4 Å². The van der Waals surface area contributed by atoms with Gasteiger partial charge in [-0.15, -0.1) is 6.58 Å². The van der Waals surface area contributed by atoms with Gasteiger partial charge in [0.25, 0.3) is 5.91 Å². The summed E-state index contributed by atoms with van der Waals surface area (Å²) in [5, 5.41) is 7.54. The van der Waals surface area contributed by atoms with Crippen LogP contribution in [0.2, 0.25) is 0 Å². The molecule has 1 atom stereocenters. The predicted molar refractivity (Wildman–Crippen MR) is 147 cm³/mol. The first kappa shape index (κ1) is 27.5. The summed E-state index contributed by atoms with van der Waals surface area (Å²) in [6.45, 7) is 12.7. The molecular weight excluding hydrogens is 466 g/mol. The Labute approximate surface area is 218 Å². The Hall–Kier alpha value is -4.13. The lowest BCUT2D eigenvalue weighted by molar-refractivity contribution is -0.137. The Bertz CT molecular complexity index is 1310. The first-order chi connectivity index (χ1) is 17.5. The van der Waals surface area contributed by atoms with Crippen molar-refractivity contribution in [1.82, 2.24) is 10.2 Å². The van der Waals surface area contributed by atoms with E-state index in [9.17, 15) is 14.4 Å². The minimum atomic E-state index is -0.947. The summed E-state index contributed by atoms with van der Waals surface area (Å²) in [5.74, 6) is -0.804. The summed E-state index contributed by atoms with van der Waals surface area (Å²) in [6, 6.07) is 18.3. The number of ether oxygens (including phenoxy) is 1. The van der Waals surface area contributed by atoms with Crippen LogP contribution in [-0.4, -0.2) is 41.5 Å². The van der Waals surface area contributed by atoms with Crippen LogP contribution in [0.5, 0.6) is 0 Å². The monoisotopic (exact) mass is 501 g/mol. The molecule has 3 aromatic rings. The summed E-state index contributed by atoms with van der Waals surface area (Å²) in [7, 11) is 0. The second-order valence-electron chi connectivity index (χ2n) is 9.93. The van der Waals surface area contributed by atoms with Crippen LogP contribution in [0.3, 0.4) is 0 Å². The molecule has 7 nitrogen and oxygen atoms in total. The Morgan fingerprint density at radius 2 is 1.70 bits per heavy atom. The Morgan fingerprint density at radius 3 is 2.38 bits per heavy atom. The van der Waals surface area contributed by atoms with E-state index in [1.54, 1.807) is 26.8 Å². The minimum Gasteiger partial charge on any atom is -0.444 e. The van der Waals surface area contributed by atoms with Crippen LogP contribution >= 0.6 is 0 Å². The van der Waals surface area contributed by atoms with Gasteiger partial charge in [0, 0.05) is 12.2 Å². The Morgan fingerprint density at radius 1 is 1.00 bits per heavy atom. The average molecular weight is 502 g/mol. The highest BCUT2D eigenvalue weighted by Gasteiger charge is 2.32. The second kappa shape index (κ2) is 11.7. The first-order valence-electron chi connectivity index (χ1n) is 12.2. The molecule has 0 aromatic heterocycles. The smallest absolute Gasteiger partial charge is 0.408 e. The van der Waals surface area contributed by atoms with Crippen LogP contribution in [0.1, 0.15) is 43.5 Å². The van der Waals surface area contributed by atoms with Crippen molar-refractivity contribution in [2.45, 2.75) is 46.3 Å². The number of hydrogen-bond donors (Lipinski definition) is 2. The number of fused-ring (bicyclic) bond motifs is 1. The van der Waals surface area contributed by atoms with E-state index >= 15 is 0 Å². The third-order valence-electron chi connectivity index (χ3n) is 5.95. The predicted octanol–water partition coefficient (Wildman–Crippen LogP) is 5.68. The number of carbonyl (C=O) groups excluding carboxylic acids is 3. The topological polar surface area (TPSA) is 87.7 Å². The van der Waals surface area contributed by atoms with Crippen molar-refractivity contribution < 1.29 is 19.1 Å². The molecule has 0 spiro atoms. The van der Waals surface area contributed by atoms with Crippen LogP contribution in [0, 0.1) is 13.8 Å². The fourth-order valence-corrected chi connectivity index (χ4v) is 4.05. The summed E-state index contributed by atoms with van der Waals surface area (Å²) >= 11 is 0. The van der Waals surface area contributed by atoms with Crippen molar-refractivity contribution in [3.8, 4) is 0 Å². The summed E-state index contributed by atoms with van der Waals surface area (Å²) in [4.78, 5) is 40.8. The maximum atomic E-state index is 13.8. The van der Waals surface area contributed by atoms with Gasteiger partial charge < -0.3 is 20.3 Å². The molecule has 0 saturated heterocycles. The fraction of sp³-hybridized carbons (Fsp3) is 0.300. The van der Waals surface area contributed by atoms with Crippen molar-refractivity contribution in [1.29, 1.82) is 0 Å². The number of nitrogens with one attached hydrogen (secondary N) is 2. The molecule has 0 saturated carbocycles. The number of aryl methyl sites for hydroxylation is 1. The number of hydrogen-bond acceptors (Lipinski definition) is 4. The van der Waals surface area contributed by atoms with Gasteiger partial charge in [0.1, 0.15) is 18.2 Å². The van der Waals surface area contributed by atoms with Gasteiger partial charge >= 0.3 is 6.09 Å². The van der Waals surface area contributed by atoms with E-state index in [-0.39, 0.29) is 19.0 Å². The van der Waals surface area contributed by atoms with E-state index in [0.29, 0.717) is 11.3 Å². The minimum absolute atomic E-state index is 0.109. The molecule has 194 valence electrons. The highest BCUT2D eigenvalue weighted by atomic mass is 16.6. The van der Waals surface area contributed by atoms with E-state index < -0.39 is 23.6 Å². The first-order valence-corrected chi connectivity index (χ1v) is 12.2. The molecule has 0 aliphatic rings. The van der Waals surface area contributed by atoms with Gasteiger partial charge in [0.15, 0.2) is 0 Å². The summed E-state index contributed by atoms with van der Waals surface area (Å²) < 4.78 is 5.25. The summed E-state index contributed by atoms with van der Waals surface area (Å²) in [5.41, 5.74) is 2.53. The lowest BCUT2D eigenvalue weighted by Gasteiger charge is -2.32. The molecule has 3 aromatic carbocycles. The number of amides is 3. The maximum absolute atomic E-state index is 13.8. The zero-order valence-electron chi connectivity index (χ0n) is 22.1. The third-order valence-corrected chi connectivity index (χ3v) is 5.95. The van der Waals surface area contributed by atoms with Crippen molar-refractivity contribution in [3.63, 3.8) is 0 Å². The van der Waals surface area contributed by atoms with Gasteiger partial charge in [-0.25, -0.2) is 4.79 Å². The zero-order valence-corrected chi connectivity index (χ0v) is 22.1. The quantitative estimate of drug-likeness (QED) is 0.389. The molecule has 0 aliphatic carbocycles. The largest absolute Gasteiger partial charge is 0.444 e. The van der Waals surface area contributed by atoms with Gasteiger partial charge in [0.2, 0.25) is 5.91 Å². The Balaban J connectivity index is 1.94. The average Bonchev–Trinajstić information content (AvgIpc) is 2.83. The number of carbonyl (C=O) groups is 3. The molecule has 0 fully saturated rings. The van der Waals surface area contributed by atoms with Crippen LogP contribution < -0.4 is 10.6 Å². The molecular formula is C30H35N3O4. The molecule has 3 amide bonds. The molecule has 0 aliphatic heterocycles. The van der Waals surface area contributed by atoms with Crippen LogP contribution in [0.4, 0.5) is 10.5 Å². The van der Waals surface area contributed by atoms with Crippen LogP contribution in [0.15, 0.2) is 73.3 Å². The highest BCUT2D eigenvalue weighted by Crippen LogP contribution is 2.28. The lowest BCUT2D eigenvalue weighted by Crippen LogP contribution is -2.46. The van der Waals surface area contributed by atoms with E-state index in [1.807, 2.05) is 74.5 Å². The van der Waals surface area contributed by atoms with Gasteiger partial charge in [-0.1, -0.05) is 54.6 Å². The van der Waals surface area contributed by atoms with Crippen LogP contribution in [-0.2, 0) is 14.3 Å². The third kappa shape index (κ3) is 7.19. The van der Waals surface area contributed by atoms with Gasteiger partial charge in [-0.3, -0.25) is 9.59 Å². The molecule has 1 unspecified atom stereocenters. The lowest BCUT2D eigenvalue weighted by atomic mass is 9.95. The number of anilines is 1. The van der Waals surface area contributed by atoms with Crippen LogP contribution in [0.25, 0.3) is 10.8 Å².